The van der Waals surface area contributed by atoms with Crippen molar-refractivity contribution in [2.45, 2.75) is 42.5 Å². The van der Waals surface area contributed by atoms with E-state index in [9.17, 15) is 21.6 Å². The fraction of sp³-hybridized carbons (Fsp3) is 0.348. The lowest BCUT2D eigenvalue weighted by molar-refractivity contribution is -0.139. The Bertz CT molecular complexity index is 1200. The number of nitrogens with zero attached hydrogens (tertiary/aromatic N) is 2. The van der Waals surface area contributed by atoms with E-state index < -0.39 is 31.7 Å². The van der Waals surface area contributed by atoms with Crippen molar-refractivity contribution in [1.82, 2.24) is 4.98 Å². The molecule has 0 atom stereocenters. The molecular weight excluding hydrogens is 457 g/mol. The van der Waals surface area contributed by atoms with Crippen molar-refractivity contribution in [3.8, 4) is 0 Å². The van der Waals surface area contributed by atoms with Crippen LogP contribution in [0.3, 0.4) is 0 Å². The van der Waals surface area contributed by atoms with E-state index in [0.717, 1.165) is 29.4 Å². The van der Waals surface area contributed by atoms with Gasteiger partial charge in [0, 0.05) is 24.9 Å². The van der Waals surface area contributed by atoms with Gasteiger partial charge in [0.25, 0.3) is 0 Å². The summed E-state index contributed by atoms with van der Waals surface area (Å²) in [6, 6.07) is 12.6. The van der Waals surface area contributed by atoms with Crippen molar-refractivity contribution < 1.29 is 21.6 Å². The number of piperidine rings is 1. The van der Waals surface area contributed by atoms with E-state index >= 15 is 0 Å². The molecule has 2 heterocycles. The zero-order valence-electron chi connectivity index (χ0n) is 17.5. The Morgan fingerprint density at radius 1 is 1.06 bits per heavy atom. The Morgan fingerprint density at radius 2 is 1.72 bits per heavy atom. The Balaban J connectivity index is 1.45. The average Bonchev–Trinajstić information content (AvgIpc) is 3.23. The third kappa shape index (κ3) is 4.68. The topological polar surface area (TPSA) is 50.3 Å². The lowest BCUT2D eigenvalue weighted by Crippen LogP contribution is -2.39. The number of rotatable bonds is 5. The number of thiazole rings is 1. The summed E-state index contributed by atoms with van der Waals surface area (Å²) in [5.41, 5.74) is 2.26. The van der Waals surface area contributed by atoms with Gasteiger partial charge in [0.15, 0.2) is 15.0 Å². The third-order valence-corrected chi connectivity index (χ3v) is 9.09. The molecule has 0 spiro atoms. The lowest BCUT2D eigenvalue weighted by atomic mass is 10.1. The molecule has 0 amide bonds. The summed E-state index contributed by atoms with van der Waals surface area (Å²) in [4.78, 5) is 6.11. The molecule has 32 heavy (non-hydrogen) atoms. The van der Waals surface area contributed by atoms with Crippen LogP contribution in [0.25, 0.3) is 0 Å². The van der Waals surface area contributed by atoms with Gasteiger partial charge in [-0.2, -0.15) is 13.2 Å². The van der Waals surface area contributed by atoms with Crippen LogP contribution in [0.15, 0.2) is 58.8 Å². The molecule has 4 nitrogen and oxygen atoms in total. The van der Waals surface area contributed by atoms with E-state index in [1.165, 1.54) is 34.6 Å². The molecule has 1 aliphatic heterocycles. The Hall–Kier alpha value is -2.39. The molecule has 0 N–H and O–H groups in total. The normalized spacial score (nSPS) is 15.8. The van der Waals surface area contributed by atoms with Gasteiger partial charge in [-0.05, 0) is 43.0 Å². The van der Waals surface area contributed by atoms with Gasteiger partial charge in [0.1, 0.15) is 0 Å². The van der Waals surface area contributed by atoms with Crippen molar-refractivity contribution in [3.63, 3.8) is 0 Å². The number of halogens is 3. The first-order chi connectivity index (χ1) is 15.2. The summed E-state index contributed by atoms with van der Waals surface area (Å²) in [5.74, 6) is 0. The molecule has 1 fully saturated rings. The highest BCUT2D eigenvalue weighted by Crippen LogP contribution is 2.37. The number of hydrogen-bond acceptors (Lipinski definition) is 5. The highest BCUT2D eigenvalue weighted by atomic mass is 32.2. The molecule has 0 unspecified atom stereocenters. The molecule has 9 heteroatoms. The van der Waals surface area contributed by atoms with Crippen molar-refractivity contribution in [2.75, 3.05) is 18.0 Å². The molecule has 1 aromatic heterocycles. The van der Waals surface area contributed by atoms with Crippen LogP contribution in [-0.2, 0) is 22.4 Å². The smallest absolute Gasteiger partial charge is 0.348 e. The molecule has 0 aliphatic carbocycles. The van der Waals surface area contributed by atoms with Crippen LogP contribution in [-0.4, -0.2) is 31.7 Å². The monoisotopic (exact) mass is 480 g/mol. The predicted molar refractivity (Wildman–Crippen MR) is 120 cm³/mol. The third-order valence-electron chi connectivity index (χ3n) is 5.82. The highest BCUT2D eigenvalue weighted by Gasteiger charge is 2.40. The molecule has 170 valence electrons. The first kappa shape index (κ1) is 22.8. The maximum atomic E-state index is 13.3. The fourth-order valence-corrected chi connectivity index (χ4v) is 6.84. The molecular formula is C23H23F3N2O2S2. The maximum absolute atomic E-state index is 13.3. The number of aromatic nitrogens is 1. The van der Waals surface area contributed by atoms with Gasteiger partial charge < -0.3 is 4.90 Å². The summed E-state index contributed by atoms with van der Waals surface area (Å²) in [6.07, 6.45) is -3.45. The van der Waals surface area contributed by atoms with E-state index in [1.807, 2.05) is 22.4 Å². The quantitative estimate of drug-likeness (QED) is 0.484. The Morgan fingerprint density at radius 3 is 2.41 bits per heavy atom. The Labute approximate surface area is 189 Å². The number of sulfone groups is 1. The molecule has 1 aliphatic rings. The van der Waals surface area contributed by atoms with Gasteiger partial charge in [0.05, 0.1) is 21.4 Å². The summed E-state index contributed by atoms with van der Waals surface area (Å²) < 4.78 is 66.0. The molecule has 2 aromatic carbocycles. The SMILES string of the molecule is Cc1ccccc1Cc1csc(N2CCC(S(=O)(=O)c3ccccc3C(F)(F)F)CC2)n1. The first-order valence-electron chi connectivity index (χ1n) is 10.3. The molecule has 3 aromatic rings. The largest absolute Gasteiger partial charge is 0.417 e. The molecule has 4 rings (SSSR count). The average molecular weight is 481 g/mol. The highest BCUT2D eigenvalue weighted by molar-refractivity contribution is 7.92. The predicted octanol–water partition coefficient (Wildman–Crippen LogP) is 5.50. The van der Waals surface area contributed by atoms with Crippen molar-refractivity contribution >= 4 is 26.3 Å². The second-order valence-corrected chi connectivity index (χ2v) is 11.0. The minimum atomic E-state index is -4.71. The zero-order chi connectivity index (χ0) is 22.9. The Kier molecular flexibility index (Phi) is 6.31. The number of hydrogen-bond donors (Lipinski definition) is 0. The van der Waals surface area contributed by atoms with Crippen molar-refractivity contribution in [1.29, 1.82) is 0 Å². The van der Waals surface area contributed by atoms with Gasteiger partial charge >= 0.3 is 6.18 Å². The van der Waals surface area contributed by atoms with E-state index in [0.29, 0.717) is 13.1 Å². The van der Waals surface area contributed by atoms with Gasteiger partial charge in [-0.1, -0.05) is 36.4 Å². The molecule has 0 bridgehead atoms. The zero-order valence-corrected chi connectivity index (χ0v) is 19.1. The van der Waals surface area contributed by atoms with Gasteiger partial charge in [-0.15, -0.1) is 11.3 Å². The minimum Gasteiger partial charge on any atom is -0.348 e. The van der Waals surface area contributed by atoms with E-state index in [4.69, 9.17) is 4.98 Å². The number of aryl methyl sites for hydroxylation is 1. The van der Waals surface area contributed by atoms with Crippen LogP contribution < -0.4 is 4.90 Å². The van der Waals surface area contributed by atoms with E-state index in [-0.39, 0.29) is 12.8 Å². The second kappa shape index (κ2) is 8.86. The van der Waals surface area contributed by atoms with Gasteiger partial charge in [-0.25, -0.2) is 13.4 Å². The van der Waals surface area contributed by atoms with Crippen LogP contribution in [0.4, 0.5) is 18.3 Å². The van der Waals surface area contributed by atoms with Gasteiger partial charge in [-0.3, -0.25) is 0 Å². The van der Waals surface area contributed by atoms with Crippen LogP contribution in [0.1, 0.15) is 35.2 Å². The number of anilines is 1. The van der Waals surface area contributed by atoms with Crippen LogP contribution in [0.2, 0.25) is 0 Å². The maximum Gasteiger partial charge on any atom is 0.417 e. The second-order valence-electron chi connectivity index (χ2n) is 7.95. The summed E-state index contributed by atoms with van der Waals surface area (Å²) >= 11 is 1.51. The summed E-state index contributed by atoms with van der Waals surface area (Å²) in [5, 5.41) is 1.98. The molecule has 0 saturated carbocycles. The van der Waals surface area contributed by atoms with Crippen LogP contribution in [0.5, 0.6) is 0 Å². The lowest BCUT2D eigenvalue weighted by Gasteiger charge is -2.31. The fourth-order valence-electron chi connectivity index (χ4n) is 4.01. The van der Waals surface area contributed by atoms with Crippen molar-refractivity contribution in [3.05, 3.63) is 76.3 Å². The number of alkyl halides is 3. The van der Waals surface area contributed by atoms with E-state index in [2.05, 4.69) is 19.1 Å². The minimum absolute atomic E-state index is 0.265. The standard InChI is InChI=1S/C23H23F3N2O2S2/c1-16-6-2-3-7-17(16)14-18-15-31-22(27-18)28-12-10-19(11-13-28)32(29,30)21-9-5-4-8-20(21)23(24,25)26/h2-9,15,19H,10-14H2,1H3. The number of benzene rings is 2. The molecule has 1 saturated heterocycles. The van der Waals surface area contributed by atoms with Crippen LogP contribution >= 0.6 is 11.3 Å². The van der Waals surface area contributed by atoms with Crippen LogP contribution in [0, 0.1) is 6.92 Å². The van der Waals surface area contributed by atoms with E-state index in [1.54, 1.807) is 0 Å². The van der Waals surface area contributed by atoms with Crippen molar-refractivity contribution in [2.24, 2.45) is 0 Å². The van der Waals surface area contributed by atoms with Gasteiger partial charge in [0.2, 0.25) is 0 Å². The summed E-state index contributed by atoms with van der Waals surface area (Å²) in [7, 11) is -4.09. The summed E-state index contributed by atoms with van der Waals surface area (Å²) in [6.45, 7) is 2.94. The molecule has 0 radical (unpaired) electrons. The first-order valence-corrected chi connectivity index (χ1v) is 12.7.